The number of unbranched alkanes of at least 4 members (excludes halogenated alkanes) is 1. The van der Waals surface area contributed by atoms with Gasteiger partial charge in [-0.05, 0) is 42.1 Å². The summed E-state index contributed by atoms with van der Waals surface area (Å²) in [6, 6.07) is 7.34. The van der Waals surface area contributed by atoms with E-state index in [9.17, 15) is 18.0 Å². The summed E-state index contributed by atoms with van der Waals surface area (Å²) in [6.07, 6.45) is 1.69. The van der Waals surface area contributed by atoms with Crippen LogP contribution in [0.25, 0.3) is 0 Å². The van der Waals surface area contributed by atoms with Crippen molar-refractivity contribution in [2.24, 2.45) is 0 Å². The number of benzene rings is 1. The number of nitrogens with one attached hydrogen (secondary N) is 1. The van der Waals surface area contributed by atoms with Crippen molar-refractivity contribution in [3.05, 3.63) is 46.8 Å². The minimum absolute atomic E-state index is 0.147. The van der Waals surface area contributed by atoms with E-state index in [1.54, 1.807) is 18.4 Å². The van der Waals surface area contributed by atoms with E-state index in [2.05, 4.69) is 10.1 Å². The number of anilines is 1. The maximum Gasteiger partial charge on any atom is 0.340 e. The second kappa shape index (κ2) is 9.81. The number of sulfonamides is 1. The maximum atomic E-state index is 12.7. The van der Waals surface area contributed by atoms with Gasteiger partial charge < -0.3 is 10.1 Å². The molecule has 0 spiro atoms. The summed E-state index contributed by atoms with van der Waals surface area (Å²) in [6.45, 7) is 4.66. The summed E-state index contributed by atoms with van der Waals surface area (Å²) in [4.78, 5) is 24.3. The second-order valence-electron chi connectivity index (χ2n) is 5.98. The number of carbonyl (C=O) groups is 2. The van der Waals surface area contributed by atoms with Crippen LogP contribution in [0, 0.1) is 0 Å². The molecule has 0 saturated carbocycles. The van der Waals surface area contributed by atoms with Crippen molar-refractivity contribution in [2.45, 2.75) is 31.6 Å². The molecule has 0 radical (unpaired) electrons. The van der Waals surface area contributed by atoms with E-state index in [0.29, 0.717) is 23.7 Å². The molecule has 0 bridgehead atoms. The number of methoxy groups -OCH3 is 1. The van der Waals surface area contributed by atoms with Crippen molar-refractivity contribution in [1.29, 1.82) is 0 Å². The summed E-state index contributed by atoms with van der Waals surface area (Å²) in [5, 5.41) is 4.71. The number of thiophene rings is 1. The summed E-state index contributed by atoms with van der Waals surface area (Å²) in [5.41, 5.74) is 0.564. The van der Waals surface area contributed by atoms with Gasteiger partial charge in [0.25, 0.3) is 5.91 Å². The third kappa shape index (κ3) is 4.98. The number of carbonyl (C=O) groups excluding carboxylic acids is 2. The van der Waals surface area contributed by atoms with Gasteiger partial charge in [0.1, 0.15) is 5.00 Å². The van der Waals surface area contributed by atoms with Gasteiger partial charge in [-0.15, -0.1) is 11.3 Å². The van der Waals surface area contributed by atoms with Crippen molar-refractivity contribution in [3.63, 3.8) is 0 Å². The predicted octanol–water partition coefficient (Wildman–Crippen LogP) is 3.60. The van der Waals surface area contributed by atoms with Crippen molar-refractivity contribution in [1.82, 2.24) is 4.31 Å². The molecule has 0 atom stereocenters. The Morgan fingerprint density at radius 3 is 2.39 bits per heavy atom. The Balaban J connectivity index is 2.17. The smallest absolute Gasteiger partial charge is 0.340 e. The highest BCUT2D eigenvalue weighted by molar-refractivity contribution is 7.89. The van der Waals surface area contributed by atoms with Crippen LogP contribution >= 0.6 is 11.3 Å². The summed E-state index contributed by atoms with van der Waals surface area (Å²) in [5.74, 6) is -0.973. The van der Waals surface area contributed by atoms with Gasteiger partial charge in [0.05, 0.1) is 17.6 Å². The lowest BCUT2D eigenvalue weighted by molar-refractivity contribution is 0.0602. The van der Waals surface area contributed by atoms with Gasteiger partial charge in [-0.2, -0.15) is 4.31 Å². The SMILES string of the molecule is CCCCN(CC)S(=O)(=O)c1ccc(C(=O)Nc2sccc2C(=O)OC)cc1. The molecule has 1 aromatic carbocycles. The number of amides is 1. The van der Waals surface area contributed by atoms with Crippen LogP contribution in [0.15, 0.2) is 40.6 Å². The van der Waals surface area contributed by atoms with Crippen molar-refractivity contribution < 1.29 is 22.7 Å². The van der Waals surface area contributed by atoms with E-state index in [1.165, 1.54) is 47.0 Å². The molecule has 0 unspecified atom stereocenters. The zero-order valence-electron chi connectivity index (χ0n) is 16.1. The summed E-state index contributed by atoms with van der Waals surface area (Å²) < 4.78 is 31.6. The Labute approximate surface area is 169 Å². The highest BCUT2D eigenvalue weighted by atomic mass is 32.2. The first kappa shape index (κ1) is 22.1. The molecular formula is C19H24N2O5S2. The van der Waals surface area contributed by atoms with Gasteiger partial charge in [-0.25, -0.2) is 13.2 Å². The molecular weight excluding hydrogens is 400 g/mol. The van der Waals surface area contributed by atoms with Crippen molar-refractivity contribution in [2.75, 3.05) is 25.5 Å². The van der Waals surface area contributed by atoms with Gasteiger partial charge in [-0.3, -0.25) is 4.79 Å². The third-order valence-electron chi connectivity index (χ3n) is 4.17. The van der Waals surface area contributed by atoms with E-state index in [1.807, 2.05) is 6.92 Å². The molecule has 2 rings (SSSR count). The predicted molar refractivity (Wildman–Crippen MR) is 109 cm³/mol. The van der Waals surface area contributed by atoms with Crippen LogP contribution in [-0.4, -0.2) is 44.8 Å². The van der Waals surface area contributed by atoms with Crippen LogP contribution in [0.1, 0.15) is 47.4 Å². The lowest BCUT2D eigenvalue weighted by Gasteiger charge is -2.20. The number of rotatable bonds is 9. The van der Waals surface area contributed by atoms with Gasteiger partial charge in [0.2, 0.25) is 10.0 Å². The normalized spacial score (nSPS) is 11.4. The third-order valence-corrected chi connectivity index (χ3v) is 6.98. The van der Waals surface area contributed by atoms with Gasteiger partial charge in [-0.1, -0.05) is 20.3 Å². The first-order chi connectivity index (χ1) is 13.3. The van der Waals surface area contributed by atoms with Crippen LogP contribution in [0.4, 0.5) is 5.00 Å². The Hall–Kier alpha value is -2.23. The van der Waals surface area contributed by atoms with E-state index < -0.39 is 21.9 Å². The van der Waals surface area contributed by atoms with Crippen LogP contribution in [-0.2, 0) is 14.8 Å². The van der Waals surface area contributed by atoms with Gasteiger partial charge >= 0.3 is 5.97 Å². The molecule has 1 N–H and O–H groups in total. The van der Waals surface area contributed by atoms with Crippen LogP contribution < -0.4 is 5.32 Å². The average molecular weight is 425 g/mol. The fourth-order valence-corrected chi connectivity index (χ4v) is 4.82. The molecule has 1 amide bonds. The largest absolute Gasteiger partial charge is 0.465 e. The molecule has 9 heteroatoms. The number of hydrogen-bond acceptors (Lipinski definition) is 6. The Morgan fingerprint density at radius 1 is 1.14 bits per heavy atom. The second-order valence-corrected chi connectivity index (χ2v) is 8.84. The lowest BCUT2D eigenvalue weighted by atomic mass is 10.2. The molecule has 1 aromatic heterocycles. The fourth-order valence-electron chi connectivity index (χ4n) is 2.56. The minimum Gasteiger partial charge on any atom is -0.465 e. The zero-order valence-corrected chi connectivity index (χ0v) is 17.7. The van der Waals surface area contributed by atoms with Crippen LogP contribution in [0.2, 0.25) is 0 Å². The monoisotopic (exact) mass is 424 g/mol. The van der Waals surface area contributed by atoms with E-state index in [0.717, 1.165) is 12.8 Å². The van der Waals surface area contributed by atoms with Gasteiger partial charge in [0, 0.05) is 18.7 Å². The number of nitrogens with zero attached hydrogens (tertiary/aromatic N) is 1. The fraction of sp³-hybridized carbons (Fsp3) is 0.368. The standard InChI is InChI=1S/C19H24N2O5S2/c1-4-6-12-21(5-2)28(24,25)15-9-7-14(8-10-15)17(22)20-18-16(11-13-27-18)19(23)26-3/h7-11,13H,4-6,12H2,1-3H3,(H,20,22). The van der Waals surface area contributed by atoms with Crippen molar-refractivity contribution in [3.8, 4) is 0 Å². The summed E-state index contributed by atoms with van der Waals surface area (Å²) >= 11 is 1.20. The highest BCUT2D eigenvalue weighted by Crippen LogP contribution is 2.25. The molecule has 0 aliphatic carbocycles. The average Bonchev–Trinajstić information content (AvgIpc) is 3.16. The van der Waals surface area contributed by atoms with E-state index in [4.69, 9.17) is 0 Å². The number of esters is 1. The molecule has 0 fully saturated rings. The van der Waals surface area contributed by atoms with Crippen molar-refractivity contribution >= 4 is 38.2 Å². The zero-order chi connectivity index (χ0) is 20.7. The number of hydrogen-bond donors (Lipinski definition) is 1. The van der Waals surface area contributed by atoms with Crippen LogP contribution in [0.5, 0.6) is 0 Å². The van der Waals surface area contributed by atoms with Crippen LogP contribution in [0.3, 0.4) is 0 Å². The molecule has 0 aliphatic heterocycles. The Morgan fingerprint density at radius 2 is 1.82 bits per heavy atom. The first-order valence-electron chi connectivity index (χ1n) is 8.92. The quantitative estimate of drug-likeness (QED) is 0.621. The summed E-state index contributed by atoms with van der Waals surface area (Å²) in [7, 11) is -2.33. The molecule has 28 heavy (non-hydrogen) atoms. The Kier molecular flexibility index (Phi) is 7.73. The molecule has 7 nitrogen and oxygen atoms in total. The minimum atomic E-state index is -3.59. The molecule has 2 aromatic rings. The maximum absolute atomic E-state index is 12.7. The molecule has 152 valence electrons. The molecule has 1 heterocycles. The molecule has 0 saturated heterocycles. The molecule has 0 aliphatic rings. The number of ether oxygens (including phenoxy) is 1. The van der Waals surface area contributed by atoms with E-state index >= 15 is 0 Å². The topological polar surface area (TPSA) is 92.8 Å². The lowest BCUT2D eigenvalue weighted by Crippen LogP contribution is -2.31. The highest BCUT2D eigenvalue weighted by Gasteiger charge is 2.23. The van der Waals surface area contributed by atoms with E-state index in [-0.39, 0.29) is 10.5 Å². The Bertz CT molecular complexity index is 920. The first-order valence-corrected chi connectivity index (χ1v) is 11.2. The van der Waals surface area contributed by atoms with Gasteiger partial charge in [0.15, 0.2) is 0 Å².